The summed E-state index contributed by atoms with van der Waals surface area (Å²) in [7, 11) is 0. The highest BCUT2D eigenvalue weighted by Crippen LogP contribution is 2.19. The Bertz CT molecular complexity index is 833. The van der Waals surface area contributed by atoms with E-state index in [1.807, 2.05) is 30.3 Å². The Morgan fingerprint density at radius 2 is 1.95 bits per heavy atom. The number of aromatic nitrogens is 1. The second-order valence-corrected chi connectivity index (χ2v) is 4.60. The van der Waals surface area contributed by atoms with Crippen molar-refractivity contribution in [2.24, 2.45) is 0 Å². The minimum Gasteiger partial charge on any atom is -0.398 e. The smallest absolute Gasteiger partial charge is 0.257 e. The molecule has 21 heavy (non-hydrogen) atoms. The van der Waals surface area contributed by atoms with Crippen LogP contribution in [0.4, 0.5) is 15.8 Å². The van der Waals surface area contributed by atoms with Crippen LogP contribution in [0, 0.1) is 5.82 Å². The summed E-state index contributed by atoms with van der Waals surface area (Å²) in [4.78, 5) is 16.4. The first kappa shape index (κ1) is 13.1. The van der Waals surface area contributed by atoms with E-state index in [0.717, 1.165) is 17.0 Å². The number of benzene rings is 2. The fourth-order valence-electron chi connectivity index (χ4n) is 2.08. The van der Waals surface area contributed by atoms with Crippen LogP contribution >= 0.6 is 0 Å². The van der Waals surface area contributed by atoms with Crippen molar-refractivity contribution in [1.29, 1.82) is 0 Å². The van der Waals surface area contributed by atoms with Gasteiger partial charge in [0, 0.05) is 11.1 Å². The summed E-state index contributed by atoms with van der Waals surface area (Å²) in [6, 6.07) is 13.1. The van der Waals surface area contributed by atoms with E-state index >= 15 is 0 Å². The zero-order chi connectivity index (χ0) is 14.8. The van der Waals surface area contributed by atoms with Crippen molar-refractivity contribution in [3.63, 3.8) is 0 Å². The van der Waals surface area contributed by atoms with Crippen LogP contribution in [-0.2, 0) is 0 Å². The number of nitrogens with zero attached hydrogens (tertiary/aromatic N) is 1. The summed E-state index contributed by atoms with van der Waals surface area (Å²) in [5.74, 6) is -0.874. The number of fused-ring (bicyclic) bond motifs is 1. The number of hydrogen-bond donors (Lipinski definition) is 2. The standard InChI is InChI=1S/C16H12FN3O/c17-11-5-6-13(14(18)8-11)16(21)20-12-7-10-3-1-2-4-15(10)19-9-12/h1-9H,18H2,(H,20,21). The molecule has 1 aromatic heterocycles. The predicted molar refractivity (Wildman–Crippen MR) is 80.5 cm³/mol. The first-order chi connectivity index (χ1) is 10.1. The molecule has 3 aromatic rings. The number of para-hydroxylation sites is 1. The van der Waals surface area contributed by atoms with Crippen LogP contribution in [0.2, 0.25) is 0 Å². The van der Waals surface area contributed by atoms with E-state index in [0.29, 0.717) is 5.69 Å². The van der Waals surface area contributed by atoms with Crippen LogP contribution in [0.3, 0.4) is 0 Å². The summed E-state index contributed by atoms with van der Waals surface area (Å²) >= 11 is 0. The van der Waals surface area contributed by atoms with E-state index in [1.54, 1.807) is 6.20 Å². The molecule has 0 spiro atoms. The lowest BCUT2D eigenvalue weighted by Gasteiger charge is -2.08. The van der Waals surface area contributed by atoms with Crippen LogP contribution in [0.25, 0.3) is 10.9 Å². The number of rotatable bonds is 2. The number of carbonyl (C=O) groups excluding carboxylic acids is 1. The third-order valence-corrected chi connectivity index (χ3v) is 3.11. The van der Waals surface area contributed by atoms with Gasteiger partial charge in [-0.05, 0) is 30.3 Å². The largest absolute Gasteiger partial charge is 0.398 e. The van der Waals surface area contributed by atoms with Crippen molar-refractivity contribution in [3.05, 3.63) is 66.1 Å². The lowest BCUT2D eigenvalue weighted by molar-refractivity contribution is 0.102. The fourth-order valence-corrected chi connectivity index (χ4v) is 2.08. The second-order valence-electron chi connectivity index (χ2n) is 4.60. The Labute approximate surface area is 120 Å². The van der Waals surface area contributed by atoms with Gasteiger partial charge in [0.1, 0.15) is 5.82 Å². The van der Waals surface area contributed by atoms with Gasteiger partial charge in [-0.25, -0.2) is 4.39 Å². The van der Waals surface area contributed by atoms with E-state index < -0.39 is 11.7 Å². The maximum absolute atomic E-state index is 13.0. The first-order valence-electron chi connectivity index (χ1n) is 6.34. The van der Waals surface area contributed by atoms with Crippen LogP contribution in [0.5, 0.6) is 0 Å². The number of nitrogen functional groups attached to an aromatic ring is 1. The molecule has 1 heterocycles. The monoisotopic (exact) mass is 281 g/mol. The molecule has 0 fully saturated rings. The van der Waals surface area contributed by atoms with Crippen molar-refractivity contribution >= 4 is 28.2 Å². The van der Waals surface area contributed by atoms with Gasteiger partial charge >= 0.3 is 0 Å². The third kappa shape index (κ3) is 2.67. The Morgan fingerprint density at radius 1 is 1.14 bits per heavy atom. The van der Waals surface area contributed by atoms with Crippen LogP contribution in [0.1, 0.15) is 10.4 Å². The van der Waals surface area contributed by atoms with Crippen molar-refractivity contribution < 1.29 is 9.18 Å². The number of carbonyl (C=O) groups is 1. The first-order valence-corrected chi connectivity index (χ1v) is 6.34. The molecule has 0 saturated heterocycles. The van der Waals surface area contributed by atoms with E-state index in [9.17, 15) is 9.18 Å². The highest BCUT2D eigenvalue weighted by Gasteiger charge is 2.11. The van der Waals surface area contributed by atoms with Crippen molar-refractivity contribution in [1.82, 2.24) is 4.98 Å². The van der Waals surface area contributed by atoms with Gasteiger partial charge in [0.15, 0.2) is 0 Å². The van der Waals surface area contributed by atoms with Gasteiger partial charge in [0.2, 0.25) is 0 Å². The summed E-state index contributed by atoms with van der Waals surface area (Å²) < 4.78 is 13.0. The average Bonchev–Trinajstić information content (AvgIpc) is 2.47. The lowest BCUT2D eigenvalue weighted by Crippen LogP contribution is -2.14. The number of anilines is 2. The predicted octanol–water partition coefficient (Wildman–Crippen LogP) is 3.21. The SMILES string of the molecule is Nc1cc(F)ccc1C(=O)Nc1cnc2ccccc2c1. The Morgan fingerprint density at radius 3 is 2.76 bits per heavy atom. The highest BCUT2D eigenvalue weighted by molar-refractivity contribution is 6.08. The molecule has 2 aromatic carbocycles. The Hall–Kier alpha value is -2.95. The molecule has 104 valence electrons. The summed E-state index contributed by atoms with van der Waals surface area (Å²) in [6.45, 7) is 0. The average molecular weight is 281 g/mol. The van der Waals surface area contributed by atoms with Crippen molar-refractivity contribution in [3.8, 4) is 0 Å². The van der Waals surface area contributed by atoms with Gasteiger partial charge in [-0.2, -0.15) is 0 Å². The van der Waals surface area contributed by atoms with Gasteiger partial charge in [0.05, 0.1) is 23.0 Å². The summed E-state index contributed by atoms with van der Waals surface area (Å²) in [5.41, 5.74) is 7.38. The Kier molecular flexibility index (Phi) is 3.23. The molecule has 0 atom stereocenters. The fraction of sp³-hybridized carbons (Fsp3) is 0. The van der Waals surface area contributed by atoms with E-state index in [2.05, 4.69) is 10.3 Å². The third-order valence-electron chi connectivity index (χ3n) is 3.11. The maximum Gasteiger partial charge on any atom is 0.257 e. The minimum atomic E-state index is -0.476. The molecule has 0 aliphatic heterocycles. The van der Waals surface area contributed by atoms with Crippen molar-refractivity contribution in [2.75, 3.05) is 11.1 Å². The number of hydrogen-bond acceptors (Lipinski definition) is 3. The number of nitrogens with two attached hydrogens (primary N) is 1. The number of pyridine rings is 1. The van der Waals surface area contributed by atoms with Gasteiger partial charge in [0.25, 0.3) is 5.91 Å². The molecule has 4 nitrogen and oxygen atoms in total. The molecule has 0 saturated carbocycles. The topological polar surface area (TPSA) is 68.0 Å². The lowest BCUT2D eigenvalue weighted by atomic mass is 10.1. The minimum absolute atomic E-state index is 0.0984. The second kappa shape index (κ2) is 5.20. The van der Waals surface area contributed by atoms with Crippen LogP contribution < -0.4 is 11.1 Å². The summed E-state index contributed by atoms with van der Waals surface area (Å²) in [5, 5.41) is 3.63. The van der Waals surface area contributed by atoms with Crippen molar-refractivity contribution in [2.45, 2.75) is 0 Å². The number of nitrogens with one attached hydrogen (secondary N) is 1. The van der Waals surface area contributed by atoms with Gasteiger partial charge < -0.3 is 11.1 Å². The molecule has 0 unspecified atom stereocenters. The molecule has 0 aliphatic carbocycles. The molecule has 1 amide bonds. The van der Waals surface area contributed by atoms with E-state index in [1.165, 1.54) is 12.1 Å². The quantitative estimate of drug-likeness (QED) is 0.709. The van der Waals surface area contributed by atoms with E-state index in [4.69, 9.17) is 5.73 Å². The van der Waals surface area contributed by atoms with Crippen LogP contribution in [0.15, 0.2) is 54.7 Å². The van der Waals surface area contributed by atoms with Crippen LogP contribution in [-0.4, -0.2) is 10.9 Å². The van der Waals surface area contributed by atoms with Gasteiger partial charge in [-0.1, -0.05) is 18.2 Å². The molecule has 0 radical (unpaired) electrons. The number of amides is 1. The normalized spacial score (nSPS) is 10.5. The molecular formula is C16H12FN3O. The molecular weight excluding hydrogens is 269 g/mol. The number of halogens is 1. The molecule has 3 rings (SSSR count). The van der Waals surface area contributed by atoms with E-state index in [-0.39, 0.29) is 11.3 Å². The summed E-state index contributed by atoms with van der Waals surface area (Å²) in [6.07, 6.45) is 1.57. The molecule has 0 aliphatic rings. The zero-order valence-corrected chi connectivity index (χ0v) is 11.0. The highest BCUT2D eigenvalue weighted by atomic mass is 19.1. The van der Waals surface area contributed by atoms with Gasteiger partial charge in [-0.3, -0.25) is 9.78 Å². The Balaban J connectivity index is 1.89. The zero-order valence-electron chi connectivity index (χ0n) is 11.0. The molecule has 0 bridgehead atoms. The maximum atomic E-state index is 13.0. The van der Waals surface area contributed by atoms with Gasteiger partial charge in [-0.15, -0.1) is 0 Å². The molecule has 3 N–H and O–H groups in total. The molecule has 5 heteroatoms.